The van der Waals surface area contributed by atoms with Gasteiger partial charge in [0.05, 0.1) is 13.2 Å². The molecule has 0 bridgehead atoms. The van der Waals surface area contributed by atoms with Gasteiger partial charge in [-0.25, -0.2) is 4.79 Å². The molecule has 2 amide bonds. The molecule has 18 heavy (non-hydrogen) atoms. The van der Waals surface area contributed by atoms with Crippen LogP contribution in [0, 0.1) is 6.92 Å². The number of furan rings is 1. The van der Waals surface area contributed by atoms with Crippen molar-refractivity contribution in [1.82, 2.24) is 10.2 Å². The van der Waals surface area contributed by atoms with Crippen LogP contribution in [-0.2, 0) is 4.74 Å². The minimum Gasteiger partial charge on any atom is -0.464 e. The molecule has 1 aromatic rings. The fourth-order valence-electron chi connectivity index (χ4n) is 1.51. The van der Waals surface area contributed by atoms with Gasteiger partial charge in [0.1, 0.15) is 17.6 Å². The number of aliphatic hydroxyl groups excluding tert-OH is 1. The molecule has 0 spiro atoms. The van der Waals surface area contributed by atoms with Gasteiger partial charge in [-0.3, -0.25) is 0 Å². The van der Waals surface area contributed by atoms with E-state index in [9.17, 15) is 4.79 Å². The lowest BCUT2D eigenvalue weighted by molar-refractivity contribution is 0.146. The molecule has 0 radical (unpaired) electrons. The number of aliphatic hydroxyl groups is 1. The number of amides is 2. The minimum atomic E-state index is -0.336. The first kappa shape index (κ1) is 14.5. The van der Waals surface area contributed by atoms with Crippen LogP contribution < -0.4 is 5.32 Å². The van der Waals surface area contributed by atoms with Crippen molar-refractivity contribution in [3.63, 3.8) is 0 Å². The van der Waals surface area contributed by atoms with Crippen LogP contribution in [-0.4, -0.2) is 50.0 Å². The fourth-order valence-corrected chi connectivity index (χ4v) is 1.51. The second kappa shape index (κ2) is 7.03. The van der Waals surface area contributed by atoms with Crippen LogP contribution >= 0.6 is 0 Å². The third-order valence-electron chi connectivity index (χ3n) is 2.52. The number of methoxy groups -OCH3 is 1. The van der Waals surface area contributed by atoms with Crippen molar-refractivity contribution in [1.29, 1.82) is 0 Å². The van der Waals surface area contributed by atoms with Crippen molar-refractivity contribution in [2.75, 3.05) is 33.9 Å². The quantitative estimate of drug-likeness (QED) is 0.793. The monoisotopic (exact) mass is 256 g/mol. The number of ether oxygens (including phenoxy) is 1. The second-order valence-electron chi connectivity index (χ2n) is 4.05. The van der Waals surface area contributed by atoms with Crippen molar-refractivity contribution in [2.45, 2.75) is 13.0 Å². The molecule has 1 unspecified atom stereocenters. The van der Waals surface area contributed by atoms with Crippen LogP contribution in [0.15, 0.2) is 16.5 Å². The highest BCUT2D eigenvalue weighted by atomic mass is 16.5. The van der Waals surface area contributed by atoms with E-state index in [2.05, 4.69) is 5.32 Å². The number of carbonyl (C=O) groups excluding carboxylic acids is 1. The fraction of sp³-hybridized carbons (Fsp3) is 0.583. The Bertz CT molecular complexity index is 378. The average Bonchev–Trinajstić information content (AvgIpc) is 2.75. The van der Waals surface area contributed by atoms with Gasteiger partial charge in [0.25, 0.3) is 0 Å². The van der Waals surface area contributed by atoms with Crippen molar-refractivity contribution < 1.29 is 19.1 Å². The highest BCUT2D eigenvalue weighted by molar-refractivity contribution is 5.74. The zero-order chi connectivity index (χ0) is 13.5. The van der Waals surface area contributed by atoms with Gasteiger partial charge in [-0.2, -0.15) is 0 Å². The molecule has 6 heteroatoms. The molecule has 0 aromatic carbocycles. The van der Waals surface area contributed by atoms with Crippen LogP contribution in [0.3, 0.4) is 0 Å². The van der Waals surface area contributed by atoms with Gasteiger partial charge in [-0.15, -0.1) is 0 Å². The Hall–Kier alpha value is -1.53. The molecule has 1 aromatic heterocycles. The summed E-state index contributed by atoms with van der Waals surface area (Å²) in [5, 5.41) is 11.6. The number of likely N-dealkylation sites (N-methyl/N-ethyl adjacent to an activating group) is 1. The first-order chi connectivity index (χ1) is 8.58. The zero-order valence-electron chi connectivity index (χ0n) is 11.0. The van der Waals surface area contributed by atoms with Crippen molar-refractivity contribution in [3.8, 4) is 0 Å². The molecular formula is C12H20N2O4. The van der Waals surface area contributed by atoms with Crippen molar-refractivity contribution in [2.24, 2.45) is 0 Å². The van der Waals surface area contributed by atoms with Gasteiger partial charge in [-0.05, 0) is 19.1 Å². The summed E-state index contributed by atoms with van der Waals surface area (Å²) in [4.78, 5) is 13.2. The first-order valence-corrected chi connectivity index (χ1v) is 5.76. The summed E-state index contributed by atoms with van der Waals surface area (Å²) in [6, 6.07) is 3.03. The smallest absolute Gasteiger partial charge is 0.317 e. The van der Waals surface area contributed by atoms with Gasteiger partial charge >= 0.3 is 6.03 Å². The number of aryl methyl sites for hydroxylation is 1. The summed E-state index contributed by atoms with van der Waals surface area (Å²) in [5.74, 6) is 1.43. The van der Waals surface area contributed by atoms with E-state index in [1.165, 1.54) is 4.90 Å². The lowest BCUT2D eigenvalue weighted by atomic mass is 10.2. The summed E-state index contributed by atoms with van der Waals surface area (Å²) < 4.78 is 10.5. The number of nitrogens with zero attached hydrogens (tertiary/aromatic N) is 1. The molecule has 0 saturated heterocycles. The molecule has 0 fully saturated rings. The third-order valence-corrected chi connectivity index (χ3v) is 2.52. The van der Waals surface area contributed by atoms with Gasteiger partial charge in [-0.1, -0.05) is 0 Å². The summed E-state index contributed by atoms with van der Waals surface area (Å²) in [5.41, 5.74) is 0. The summed E-state index contributed by atoms with van der Waals surface area (Å²) in [6.07, 6.45) is 0. The first-order valence-electron chi connectivity index (χ1n) is 5.76. The summed E-state index contributed by atoms with van der Waals surface area (Å²) in [7, 11) is 3.18. The molecule has 102 valence electrons. The predicted octanol–water partition coefficient (Wildman–Crippen LogP) is 0.909. The van der Waals surface area contributed by atoms with Gasteiger partial charge < -0.3 is 24.5 Å². The molecule has 1 atom stereocenters. The van der Waals surface area contributed by atoms with Crippen LogP contribution in [0.5, 0.6) is 0 Å². The van der Waals surface area contributed by atoms with E-state index in [0.29, 0.717) is 12.4 Å². The van der Waals surface area contributed by atoms with Crippen LogP contribution in [0.1, 0.15) is 17.6 Å². The van der Waals surface area contributed by atoms with Gasteiger partial charge in [0, 0.05) is 20.7 Å². The highest BCUT2D eigenvalue weighted by Gasteiger charge is 2.19. The maximum absolute atomic E-state index is 11.8. The van der Waals surface area contributed by atoms with Gasteiger partial charge in [0.2, 0.25) is 0 Å². The Morgan fingerprint density at radius 1 is 1.61 bits per heavy atom. The van der Waals surface area contributed by atoms with E-state index < -0.39 is 0 Å². The highest BCUT2D eigenvalue weighted by Crippen LogP contribution is 2.16. The van der Waals surface area contributed by atoms with Crippen molar-refractivity contribution in [3.05, 3.63) is 23.7 Å². The number of carbonyl (C=O) groups is 1. The number of hydrogen-bond acceptors (Lipinski definition) is 4. The lowest BCUT2D eigenvalue weighted by Crippen LogP contribution is -2.41. The Morgan fingerprint density at radius 3 is 2.83 bits per heavy atom. The molecule has 1 rings (SSSR count). The van der Waals surface area contributed by atoms with E-state index in [0.717, 1.165) is 5.76 Å². The normalized spacial score (nSPS) is 12.2. The van der Waals surface area contributed by atoms with Crippen LogP contribution in [0.25, 0.3) is 0 Å². The molecule has 1 heterocycles. The molecular weight excluding hydrogens is 236 g/mol. The molecule has 2 N–H and O–H groups in total. The molecule has 0 saturated carbocycles. The topological polar surface area (TPSA) is 74.9 Å². The second-order valence-corrected chi connectivity index (χ2v) is 4.05. The van der Waals surface area contributed by atoms with Crippen LogP contribution in [0.4, 0.5) is 4.79 Å². The molecule has 0 aliphatic heterocycles. The minimum absolute atomic E-state index is 0.0707. The third kappa shape index (κ3) is 4.05. The predicted molar refractivity (Wildman–Crippen MR) is 66.3 cm³/mol. The van der Waals surface area contributed by atoms with Crippen molar-refractivity contribution >= 4 is 6.03 Å². The van der Waals surface area contributed by atoms with E-state index in [4.69, 9.17) is 14.3 Å². The van der Waals surface area contributed by atoms with Gasteiger partial charge in [0.15, 0.2) is 0 Å². The summed E-state index contributed by atoms with van der Waals surface area (Å²) in [6.45, 7) is 2.38. The Balaban J connectivity index is 2.66. The number of hydrogen-bond donors (Lipinski definition) is 2. The van der Waals surface area contributed by atoms with E-state index in [-0.39, 0.29) is 25.2 Å². The SMILES string of the molecule is COCC(NC(=O)N(C)CCO)c1ccc(C)o1. The molecule has 6 nitrogen and oxygen atoms in total. The zero-order valence-corrected chi connectivity index (χ0v) is 11.0. The number of nitrogens with one attached hydrogen (secondary N) is 1. The summed E-state index contributed by atoms with van der Waals surface area (Å²) >= 11 is 0. The Kier molecular flexibility index (Phi) is 5.67. The number of urea groups is 1. The molecule has 0 aliphatic carbocycles. The standard InChI is InChI=1S/C12H20N2O4/c1-9-4-5-11(18-9)10(8-17-3)13-12(16)14(2)6-7-15/h4-5,10,15H,6-8H2,1-3H3,(H,13,16). The maximum Gasteiger partial charge on any atom is 0.317 e. The van der Waals surface area contributed by atoms with Crippen LogP contribution in [0.2, 0.25) is 0 Å². The lowest BCUT2D eigenvalue weighted by Gasteiger charge is -2.21. The average molecular weight is 256 g/mol. The van der Waals surface area contributed by atoms with E-state index >= 15 is 0 Å². The van der Waals surface area contributed by atoms with E-state index in [1.54, 1.807) is 14.2 Å². The van der Waals surface area contributed by atoms with E-state index in [1.807, 2.05) is 19.1 Å². The number of rotatable bonds is 6. The largest absolute Gasteiger partial charge is 0.464 e. The Morgan fingerprint density at radius 2 is 2.33 bits per heavy atom. The maximum atomic E-state index is 11.8. The molecule has 0 aliphatic rings. The Labute approximate surface area is 107 Å².